The summed E-state index contributed by atoms with van der Waals surface area (Å²) in [5.74, 6) is -0.146. The fourth-order valence-electron chi connectivity index (χ4n) is 1.98. The highest BCUT2D eigenvalue weighted by atomic mass is 16.5. The van der Waals surface area contributed by atoms with Crippen LogP contribution < -0.4 is 15.4 Å². The monoisotopic (exact) mass is 278 g/mol. The first-order valence-electron chi connectivity index (χ1n) is 6.47. The first-order chi connectivity index (χ1) is 9.51. The van der Waals surface area contributed by atoms with Gasteiger partial charge in [-0.3, -0.25) is 14.5 Å². The number of fused-ring (bicyclic) bond motifs is 1. The first kappa shape index (κ1) is 14.3. The summed E-state index contributed by atoms with van der Waals surface area (Å²) in [7, 11) is 0. The molecule has 1 aliphatic rings. The van der Waals surface area contributed by atoms with Gasteiger partial charge in [0.1, 0.15) is 12.3 Å². The Morgan fingerprint density at radius 1 is 1.50 bits per heavy atom. The molecule has 0 saturated carbocycles. The molecule has 0 fully saturated rings. The zero-order chi connectivity index (χ0) is 14.7. The molecule has 108 valence electrons. The van der Waals surface area contributed by atoms with E-state index in [0.717, 1.165) is 5.56 Å². The van der Waals surface area contributed by atoms with Crippen LogP contribution in [-0.2, 0) is 20.9 Å². The maximum atomic E-state index is 11.9. The van der Waals surface area contributed by atoms with Crippen molar-refractivity contribution in [3.8, 4) is 5.75 Å². The van der Waals surface area contributed by atoms with Crippen LogP contribution in [0, 0.1) is 0 Å². The van der Waals surface area contributed by atoms with Crippen molar-refractivity contribution >= 4 is 17.6 Å². The van der Waals surface area contributed by atoms with E-state index in [1.807, 2.05) is 6.07 Å². The zero-order valence-corrected chi connectivity index (χ0v) is 11.6. The highest BCUT2D eigenvalue weighted by Gasteiger charge is 2.28. The van der Waals surface area contributed by atoms with E-state index in [0.29, 0.717) is 18.0 Å². The van der Waals surface area contributed by atoms with Crippen LogP contribution in [0.1, 0.15) is 19.4 Å². The molecule has 0 radical (unpaired) electrons. The van der Waals surface area contributed by atoms with Crippen LogP contribution >= 0.6 is 0 Å². The van der Waals surface area contributed by atoms with Crippen molar-refractivity contribution in [3.63, 3.8) is 0 Å². The number of carbonyl (C=O) groups is 2. The van der Waals surface area contributed by atoms with E-state index in [2.05, 4.69) is 0 Å². The van der Waals surface area contributed by atoms with Gasteiger partial charge in [0.25, 0.3) is 5.91 Å². The number of anilines is 1. The van der Waals surface area contributed by atoms with Crippen molar-refractivity contribution in [1.29, 1.82) is 0 Å². The summed E-state index contributed by atoms with van der Waals surface area (Å²) < 4.78 is 10.4. The Balaban J connectivity index is 2.21. The Morgan fingerprint density at radius 3 is 2.90 bits per heavy atom. The van der Waals surface area contributed by atoms with E-state index in [9.17, 15) is 9.59 Å². The number of carbonyl (C=O) groups excluding carboxylic acids is 2. The molecule has 0 spiro atoms. The van der Waals surface area contributed by atoms with Crippen molar-refractivity contribution in [3.05, 3.63) is 23.8 Å². The number of amides is 1. The summed E-state index contributed by atoms with van der Waals surface area (Å²) in [6.07, 6.45) is -0.210. The summed E-state index contributed by atoms with van der Waals surface area (Å²) in [6.45, 7) is 3.71. The first-order valence-corrected chi connectivity index (χ1v) is 6.47. The molecular weight excluding hydrogens is 260 g/mol. The number of rotatable bonds is 4. The van der Waals surface area contributed by atoms with Gasteiger partial charge in [-0.05, 0) is 31.5 Å². The Labute approximate surface area is 117 Å². The van der Waals surface area contributed by atoms with Crippen LogP contribution in [0.4, 0.5) is 5.69 Å². The summed E-state index contributed by atoms with van der Waals surface area (Å²) in [6, 6.07) is 5.32. The number of nitrogens with two attached hydrogens (primary N) is 1. The minimum atomic E-state index is -0.441. The topological polar surface area (TPSA) is 81.9 Å². The molecule has 1 heterocycles. The average Bonchev–Trinajstić information content (AvgIpc) is 2.40. The second-order valence-electron chi connectivity index (χ2n) is 4.81. The summed E-state index contributed by atoms with van der Waals surface area (Å²) in [5, 5.41) is 0. The number of hydrogen-bond donors (Lipinski definition) is 1. The number of ether oxygens (including phenoxy) is 2. The molecule has 20 heavy (non-hydrogen) atoms. The number of hydrogen-bond acceptors (Lipinski definition) is 5. The molecular formula is C14H18N2O4. The van der Waals surface area contributed by atoms with Gasteiger partial charge in [0, 0.05) is 6.54 Å². The lowest BCUT2D eigenvalue weighted by Gasteiger charge is -2.29. The van der Waals surface area contributed by atoms with E-state index in [1.54, 1.807) is 26.0 Å². The maximum Gasteiger partial charge on any atom is 0.326 e. The minimum Gasteiger partial charge on any atom is -0.482 e. The molecule has 2 N–H and O–H groups in total. The maximum absolute atomic E-state index is 11.9. The van der Waals surface area contributed by atoms with Crippen LogP contribution in [0.2, 0.25) is 0 Å². The summed E-state index contributed by atoms with van der Waals surface area (Å²) in [5.41, 5.74) is 7.04. The molecule has 1 aliphatic heterocycles. The van der Waals surface area contributed by atoms with Crippen LogP contribution in [0.25, 0.3) is 0 Å². The second kappa shape index (κ2) is 5.92. The quantitative estimate of drug-likeness (QED) is 0.825. The van der Waals surface area contributed by atoms with Gasteiger partial charge in [-0.2, -0.15) is 0 Å². The van der Waals surface area contributed by atoms with Gasteiger partial charge >= 0.3 is 5.97 Å². The third kappa shape index (κ3) is 3.08. The van der Waals surface area contributed by atoms with Crippen LogP contribution in [0.15, 0.2) is 18.2 Å². The molecule has 0 atom stereocenters. The predicted molar refractivity (Wildman–Crippen MR) is 73.4 cm³/mol. The van der Waals surface area contributed by atoms with Gasteiger partial charge in [-0.25, -0.2) is 0 Å². The third-order valence-electron chi connectivity index (χ3n) is 2.86. The average molecular weight is 278 g/mol. The number of nitrogens with zero attached hydrogens (tertiary/aromatic N) is 1. The molecule has 0 aromatic heterocycles. The van der Waals surface area contributed by atoms with Gasteiger partial charge in [0.2, 0.25) is 0 Å². The van der Waals surface area contributed by atoms with Gasteiger partial charge in [0.15, 0.2) is 6.61 Å². The smallest absolute Gasteiger partial charge is 0.326 e. The highest BCUT2D eigenvalue weighted by Crippen LogP contribution is 2.32. The highest BCUT2D eigenvalue weighted by molar-refractivity contribution is 6.01. The van der Waals surface area contributed by atoms with E-state index in [4.69, 9.17) is 15.2 Å². The van der Waals surface area contributed by atoms with Crippen molar-refractivity contribution in [2.75, 3.05) is 18.1 Å². The summed E-state index contributed by atoms with van der Waals surface area (Å²) in [4.78, 5) is 25.0. The molecule has 2 rings (SSSR count). The van der Waals surface area contributed by atoms with Crippen LogP contribution in [0.5, 0.6) is 5.75 Å². The molecule has 0 unspecified atom stereocenters. The van der Waals surface area contributed by atoms with Crippen molar-refractivity contribution in [2.45, 2.75) is 26.5 Å². The van der Waals surface area contributed by atoms with E-state index < -0.39 is 5.97 Å². The van der Waals surface area contributed by atoms with E-state index in [-0.39, 0.29) is 25.2 Å². The van der Waals surface area contributed by atoms with E-state index in [1.165, 1.54) is 4.90 Å². The Bertz CT molecular complexity index is 528. The molecule has 6 heteroatoms. The van der Waals surface area contributed by atoms with Crippen LogP contribution in [-0.4, -0.2) is 31.1 Å². The molecule has 0 saturated heterocycles. The van der Waals surface area contributed by atoms with Crippen LogP contribution in [0.3, 0.4) is 0 Å². The number of esters is 1. The summed E-state index contributed by atoms with van der Waals surface area (Å²) >= 11 is 0. The fourth-order valence-corrected chi connectivity index (χ4v) is 1.98. The number of benzene rings is 1. The molecule has 6 nitrogen and oxygen atoms in total. The van der Waals surface area contributed by atoms with Crippen molar-refractivity contribution in [1.82, 2.24) is 0 Å². The second-order valence-corrected chi connectivity index (χ2v) is 4.81. The van der Waals surface area contributed by atoms with Gasteiger partial charge < -0.3 is 15.2 Å². The molecule has 0 aliphatic carbocycles. The standard InChI is InChI=1S/C14H18N2O4/c1-9(2)20-14(18)7-16-11-4-3-10(6-15)5-12(11)19-8-13(16)17/h3-5,9H,6-8,15H2,1-2H3. The Morgan fingerprint density at radius 2 is 2.25 bits per heavy atom. The Kier molecular flexibility index (Phi) is 4.24. The lowest BCUT2D eigenvalue weighted by atomic mass is 10.1. The molecule has 0 bridgehead atoms. The van der Waals surface area contributed by atoms with Gasteiger partial charge in [0.05, 0.1) is 11.8 Å². The van der Waals surface area contributed by atoms with Gasteiger partial charge in [-0.15, -0.1) is 0 Å². The largest absolute Gasteiger partial charge is 0.482 e. The van der Waals surface area contributed by atoms with Gasteiger partial charge in [-0.1, -0.05) is 6.07 Å². The molecule has 1 amide bonds. The third-order valence-corrected chi connectivity index (χ3v) is 2.86. The SMILES string of the molecule is CC(C)OC(=O)CN1C(=O)COc2cc(CN)ccc21. The zero-order valence-electron chi connectivity index (χ0n) is 11.6. The lowest BCUT2D eigenvalue weighted by molar-refractivity contribution is -0.146. The van der Waals surface area contributed by atoms with Crippen molar-refractivity contribution < 1.29 is 19.1 Å². The minimum absolute atomic E-state index is 0.0873. The fraction of sp³-hybridized carbons (Fsp3) is 0.429. The lowest BCUT2D eigenvalue weighted by Crippen LogP contribution is -2.42. The van der Waals surface area contributed by atoms with E-state index >= 15 is 0 Å². The normalized spacial score (nSPS) is 14.0. The van der Waals surface area contributed by atoms with Crippen molar-refractivity contribution in [2.24, 2.45) is 5.73 Å². The predicted octanol–water partition coefficient (Wildman–Crippen LogP) is 0.822. The molecule has 1 aromatic rings. The Hall–Kier alpha value is -2.08. The molecule has 1 aromatic carbocycles.